The minimum Gasteiger partial charge on any atom is -0.384 e. The first-order valence-electron chi connectivity index (χ1n) is 8.79. The molecule has 1 aliphatic heterocycles. The van der Waals surface area contributed by atoms with Crippen LogP contribution in [0.15, 0.2) is 59.6 Å². The zero-order valence-corrected chi connectivity index (χ0v) is 15.7. The number of hydrogen-bond donors (Lipinski definition) is 2. The topological polar surface area (TPSA) is 65.1 Å². The van der Waals surface area contributed by atoms with Crippen molar-refractivity contribution >= 4 is 23.2 Å². The molecule has 1 atom stereocenters. The van der Waals surface area contributed by atoms with Crippen molar-refractivity contribution in [2.24, 2.45) is 10.7 Å². The van der Waals surface area contributed by atoms with Gasteiger partial charge in [-0.05, 0) is 36.8 Å². The summed E-state index contributed by atoms with van der Waals surface area (Å²) in [5.41, 5.74) is 7.14. The lowest BCUT2D eigenvalue weighted by Crippen LogP contribution is -2.51. The maximum absolute atomic E-state index is 10.6. The molecule has 0 aliphatic carbocycles. The standard InChI is InChI=1S/C20H25ClN4O/c1-20(26,16-5-3-2-4-6-16)15-23-19(22)25-13-11-24(12-14-25)18-9-7-17(21)8-10-18/h2-10,26H,11-15H2,1H3,(H2,22,23). The van der Waals surface area contributed by atoms with Gasteiger partial charge < -0.3 is 20.6 Å². The first-order valence-corrected chi connectivity index (χ1v) is 9.17. The Labute approximate surface area is 159 Å². The molecule has 0 saturated carbocycles. The second-order valence-corrected chi connectivity index (χ2v) is 7.20. The van der Waals surface area contributed by atoms with Crippen LogP contribution in [-0.2, 0) is 5.60 Å². The SMILES string of the molecule is CC(O)(CN=C(N)N1CCN(c2ccc(Cl)cc2)CC1)c1ccccc1. The molecule has 1 saturated heterocycles. The molecule has 1 unspecified atom stereocenters. The summed E-state index contributed by atoms with van der Waals surface area (Å²) in [6.45, 7) is 5.33. The minimum atomic E-state index is -1.03. The molecule has 1 heterocycles. The number of guanidine groups is 1. The fourth-order valence-corrected chi connectivity index (χ4v) is 3.20. The van der Waals surface area contributed by atoms with Crippen LogP contribution in [0, 0.1) is 0 Å². The van der Waals surface area contributed by atoms with E-state index < -0.39 is 5.60 Å². The number of benzene rings is 2. The summed E-state index contributed by atoms with van der Waals surface area (Å²) in [4.78, 5) is 8.81. The first-order chi connectivity index (χ1) is 12.5. The van der Waals surface area contributed by atoms with Crippen LogP contribution in [0.5, 0.6) is 0 Å². The van der Waals surface area contributed by atoms with Crippen molar-refractivity contribution in [2.75, 3.05) is 37.6 Å². The van der Waals surface area contributed by atoms with Gasteiger partial charge in [0.25, 0.3) is 0 Å². The number of hydrogen-bond acceptors (Lipinski definition) is 3. The molecule has 1 aliphatic rings. The smallest absolute Gasteiger partial charge is 0.191 e. The summed E-state index contributed by atoms with van der Waals surface area (Å²) in [5.74, 6) is 0.483. The molecule has 3 rings (SSSR count). The Bertz CT molecular complexity index is 738. The van der Waals surface area contributed by atoms with E-state index >= 15 is 0 Å². The van der Waals surface area contributed by atoms with E-state index in [-0.39, 0.29) is 6.54 Å². The predicted octanol–water partition coefficient (Wildman–Crippen LogP) is 2.68. The highest BCUT2D eigenvalue weighted by Crippen LogP contribution is 2.21. The Hall–Kier alpha value is -2.24. The van der Waals surface area contributed by atoms with E-state index in [1.165, 1.54) is 0 Å². The second kappa shape index (κ2) is 7.98. The largest absolute Gasteiger partial charge is 0.384 e. The van der Waals surface area contributed by atoms with Gasteiger partial charge in [-0.25, -0.2) is 4.99 Å². The lowest BCUT2D eigenvalue weighted by atomic mass is 9.96. The second-order valence-electron chi connectivity index (χ2n) is 6.76. The van der Waals surface area contributed by atoms with Crippen LogP contribution in [0.25, 0.3) is 0 Å². The van der Waals surface area contributed by atoms with Crippen LogP contribution in [0.4, 0.5) is 5.69 Å². The van der Waals surface area contributed by atoms with Crippen LogP contribution < -0.4 is 10.6 Å². The molecule has 0 amide bonds. The molecule has 5 nitrogen and oxygen atoms in total. The first kappa shape index (κ1) is 18.5. The number of aliphatic imine (C=N–C) groups is 1. The Morgan fingerprint density at radius 3 is 2.31 bits per heavy atom. The number of piperazine rings is 1. The molecule has 26 heavy (non-hydrogen) atoms. The van der Waals surface area contributed by atoms with E-state index in [0.29, 0.717) is 5.96 Å². The van der Waals surface area contributed by atoms with Crippen LogP contribution in [-0.4, -0.2) is 48.7 Å². The van der Waals surface area contributed by atoms with Gasteiger partial charge in [-0.3, -0.25) is 0 Å². The highest BCUT2D eigenvalue weighted by molar-refractivity contribution is 6.30. The van der Waals surface area contributed by atoms with Crippen molar-refractivity contribution in [3.05, 3.63) is 65.2 Å². The summed E-state index contributed by atoms with van der Waals surface area (Å²) < 4.78 is 0. The number of nitrogens with zero attached hydrogens (tertiary/aromatic N) is 3. The van der Waals surface area contributed by atoms with Gasteiger partial charge >= 0.3 is 0 Å². The summed E-state index contributed by atoms with van der Waals surface area (Å²) in [7, 11) is 0. The lowest BCUT2D eigenvalue weighted by molar-refractivity contribution is 0.0670. The maximum Gasteiger partial charge on any atom is 0.191 e. The fraction of sp³-hybridized carbons (Fsp3) is 0.350. The molecule has 0 spiro atoms. The Balaban J connectivity index is 1.57. The minimum absolute atomic E-state index is 0.236. The van der Waals surface area contributed by atoms with Crippen molar-refractivity contribution in [3.8, 4) is 0 Å². The van der Waals surface area contributed by atoms with E-state index in [1.807, 2.05) is 54.6 Å². The normalized spacial score (nSPS) is 17.9. The molecule has 2 aromatic rings. The predicted molar refractivity (Wildman–Crippen MR) is 108 cm³/mol. The summed E-state index contributed by atoms with van der Waals surface area (Å²) in [5, 5.41) is 11.4. The Kier molecular flexibility index (Phi) is 5.69. The molecule has 1 fully saturated rings. The van der Waals surface area contributed by atoms with Gasteiger partial charge in [-0.1, -0.05) is 41.9 Å². The molecule has 0 bridgehead atoms. The van der Waals surface area contributed by atoms with E-state index in [2.05, 4.69) is 14.8 Å². The van der Waals surface area contributed by atoms with Gasteiger partial charge in [0.05, 0.1) is 6.54 Å². The van der Waals surface area contributed by atoms with Crippen LogP contribution in [0.3, 0.4) is 0 Å². The van der Waals surface area contributed by atoms with Crippen LogP contribution >= 0.6 is 11.6 Å². The number of nitrogens with two attached hydrogens (primary N) is 1. The van der Waals surface area contributed by atoms with Gasteiger partial charge in [-0.15, -0.1) is 0 Å². The van der Waals surface area contributed by atoms with Gasteiger partial charge in [-0.2, -0.15) is 0 Å². The van der Waals surface area contributed by atoms with Gasteiger partial charge in [0.1, 0.15) is 5.60 Å². The number of aliphatic hydroxyl groups is 1. The molecular weight excluding hydrogens is 348 g/mol. The maximum atomic E-state index is 10.6. The molecule has 0 aromatic heterocycles. The van der Waals surface area contributed by atoms with Crippen molar-refractivity contribution in [1.29, 1.82) is 0 Å². The fourth-order valence-electron chi connectivity index (χ4n) is 3.07. The molecule has 0 radical (unpaired) electrons. The monoisotopic (exact) mass is 372 g/mol. The van der Waals surface area contributed by atoms with E-state index in [4.69, 9.17) is 17.3 Å². The van der Waals surface area contributed by atoms with Gasteiger partial charge in [0.2, 0.25) is 0 Å². The van der Waals surface area contributed by atoms with Crippen LogP contribution in [0.1, 0.15) is 12.5 Å². The average Bonchev–Trinajstić information content (AvgIpc) is 2.68. The number of halogens is 1. The van der Waals surface area contributed by atoms with Crippen molar-refractivity contribution < 1.29 is 5.11 Å². The summed E-state index contributed by atoms with van der Waals surface area (Å²) in [6.07, 6.45) is 0. The molecule has 2 aromatic carbocycles. The Morgan fingerprint density at radius 2 is 1.69 bits per heavy atom. The molecule has 3 N–H and O–H groups in total. The van der Waals surface area contributed by atoms with Gasteiger partial charge in [0.15, 0.2) is 5.96 Å². The summed E-state index contributed by atoms with van der Waals surface area (Å²) in [6, 6.07) is 17.4. The van der Waals surface area contributed by atoms with Crippen molar-refractivity contribution in [1.82, 2.24) is 4.90 Å². The van der Waals surface area contributed by atoms with Crippen molar-refractivity contribution in [3.63, 3.8) is 0 Å². The lowest BCUT2D eigenvalue weighted by Gasteiger charge is -2.37. The molecule has 6 heteroatoms. The average molecular weight is 373 g/mol. The summed E-state index contributed by atoms with van der Waals surface area (Å²) >= 11 is 5.95. The van der Waals surface area contributed by atoms with Gasteiger partial charge in [0, 0.05) is 36.9 Å². The van der Waals surface area contributed by atoms with E-state index in [0.717, 1.165) is 42.5 Å². The Morgan fingerprint density at radius 1 is 1.08 bits per heavy atom. The zero-order valence-electron chi connectivity index (χ0n) is 15.0. The van der Waals surface area contributed by atoms with Crippen LogP contribution in [0.2, 0.25) is 5.02 Å². The molecule has 138 valence electrons. The highest BCUT2D eigenvalue weighted by Gasteiger charge is 2.24. The number of anilines is 1. The highest BCUT2D eigenvalue weighted by atomic mass is 35.5. The van der Waals surface area contributed by atoms with E-state index in [9.17, 15) is 5.11 Å². The van der Waals surface area contributed by atoms with Crippen molar-refractivity contribution in [2.45, 2.75) is 12.5 Å². The number of rotatable bonds is 4. The quantitative estimate of drug-likeness (QED) is 0.639. The third kappa shape index (κ3) is 4.48. The zero-order chi connectivity index (χ0) is 18.6. The third-order valence-electron chi connectivity index (χ3n) is 4.74. The van der Waals surface area contributed by atoms with E-state index in [1.54, 1.807) is 6.92 Å². The molecular formula is C20H25ClN4O. The third-order valence-corrected chi connectivity index (χ3v) is 4.99.